The number of carbonyl (C=O) groups is 2. The molecule has 4 unspecified atom stereocenters. The molecule has 4 atom stereocenters. The van der Waals surface area contributed by atoms with E-state index in [1.807, 2.05) is 0 Å². The number of carboxylic acids is 1. The predicted octanol–water partition coefficient (Wildman–Crippen LogP) is 1.45. The van der Waals surface area contributed by atoms with Gasteiger partial charge in [0, 0.05) is 19.6 Å². The van der Waals surface area contributed by atoms with Gasteiger partial charge in [-0.15, -0.1) is 0 Å². The molecule has 3 fully saturated rings. The molecule has 6 nitrogen and oxygen atoms in total. The Bertz CT molecular complexity index is 441. The van der Waals surface area contributed by atoms with E-state index in [0.717, 1.165) is 19.3 Å². The molecule has 3 rings (SSSR count). The van der Waals surface area contributed by atoms with Gasteiger partial charge in [0.15, 0.2) is 0 Å². The maximum Gasteiger partial charge on any atom is 0.317 e. The van der Waals surface area contributed by atoms with Gasteiger partial charge < -0.3 is 20.1 Å². The first kappa shape index (κ1) is 14.6. The van der Waals surface area contributed by atoms with E-state index >= 15 is 0 Å². The summed E-state index contributed by atoms with van der Waals surface area (Å²) >= 11 is 0. The molecule has 2 bridgehead atoms. The van der Waals surface area contributed by atoms with Crippen molar-refractivity contribution in [3.05, 3.63) is 0 Å². The van der Waals surface area contributed by atoms with Crippen molar-refractivity contribution in [2.75, 3.05) is 19.6 Å². The number of nitrogens with one attached hydrogen (secondary N) is 1. The minimum absolute atomic E-state index is 0.135. The van der Waals surface area contributed by atoms with Gasteiger partial charge in [0.1, 0.15) is 0 Å². The van der Waals surface area contributed by atoms with Crippen molar-refractivity contribution in [2.45, 2.75) is 51.2 Å². The molecule has 0 radical (unpaired) electrons. The highest BCUT2D eigenvalue weighted by molar-refractivity contribution is 5.79. The zero-order valence-corrected chi connectivity index (χ0v) is 12.5. The summed E-state index contributed by atoms with van der Waals surface area (Å²) in [5, 5.41) is 12.1. The van der Waals surface area contributed by atoms with Gasteiger partial charge in [-0.25, -0.2) is 4.79 Å². The number of aliphatic carboxylic acids is 1. The standard InChI is InChI=1S/C15H24N2O4/c1-15(13(18)19)5-7-17(9-15)14(20)16-6-4-10-8-11-2-3-12(10)21-11/h10-12H,2-9H2,1H3,(H,16,20)(H,18,19). The monoisotopic (exact) mass is 296 g/mol. The lowest BCUT2D eigenvalue weighted by Gasteiger charge is -2.22. The zero-order valence-electron chi connectivity index (χ0n) is 12.5. The van der Waals surface area contributed by atoms with E-state index in [4.69, 9.17) is 4.74 Å². The summed E-state index contributed by atoms with van der Waals surface area (Å²) < 4.78 is 5.81. The third kappa shape index (κ3) is 2.86. The fourth-order valence-corrected chi connectivity index (χ4v) is 3.83. The Morgan fingerprint density at radius 3 is 2.81 bits per heavy atom. The average molecular weight is 296 g/mol. The van der Waals surface area contributed by atoms with Crippen LogP contribution in [0.2, 0.25) is 0 Å². The highest BCUT2D eigenvalue weighted by Gasteiger charge is 2.42. The third-order valence-electron chi connectivity index (χ3n) is 5.30. The molecule has 3 aliphatic rings. The molecule has 0 saturated carbocycles. The molecule has 0 spiro atoms. The van der Waals surface area contributed by atoms with Crippen LogP contribution in [0.15, 0.2) is 0 Å². The number of carboxylic acid groups (broad SMARTS) is 1. The van der Waals surface area contributed by atoms with Crippen LogP contribution in [0.4, 0.5) is 4.79 Å². The maximum atomic E-state index is 12.1. The molecule has 3 aliphatic heterocycles. The Hall–Kier alpha value is -1.30. The van der Waals surface area contributed by atoms with E-state index < -0.39 is 11.4 Å². The predicted molar refractivity (Wildman–Crippen MR) is 76.0 cm³/mol. The van der Waals surface area contributed by atoms with E-state index in [-0.39, 0.29) is 6.03 Å². The molecule has 21 heavy (non-hydrogen) atoms. The average Bonchev–Trinajstić information content (AvgIpc) is 3.14. The molecule has 2 N–H and O–H groups in total. The number of amides is 2. The summed E-state index contributed by atoms with van der Waals surface area (Å²) in [5.74, 6) is -0.246. The van der Waals surface area contributed by atoms with Crippen LogP contribution in [-0.2, 0) is 9.53 Å². The highest BCUT2D eigenvalue weighted by atomic mass is 16.5. The smallest absolute Gasteiger partial charge is 0.317 e. The lowest BCUT2D eigenvalue weighted by atomic mass is 9.87. The Labute approximate surface area is 124 Å². The molecule has 118 valence electrons. The van der Waals surface area contributed by atoms with Crippen molar-refractivity contribution in [1.82, 2.24) is 10.2 Å². The maximum absolute atomic E-state index is 12.1. The Kier molecular flexibility index (Phi) is 3.82. The van der Waals surface area contributed by atoms with Crippen molar-refractivity contribution < 1.29 is 19.4 Å². The number of rotatable bonds is 4. The summed E-state index contributed by atoms with van der Waals surface area (Å²) in [6, 6.07) is -0.135. The van der Waals surface area contributed by atoms with Crippen molar-refractivity contribution in [3.8, 4) is 0 Å². The van der Waals surface area contributed by atoms with Crippen LogP contribution < -0.4 is 5.32 Å². The molecule has 6 heteroatoms. The quantitative estimate of drug-likeness (QED) is 0.823. The summed E-state index contributed by atoms with van der Waals surface area (Å²) in [7, 11) is 0. The molecular formula is C15H24N2O4. The van der Waals surface area contributed by atoms with E-state index in [0.29, 0.717) is 44.2 Å². The molecule has 3 saturated heterocycles. The van der Waals surface area contributed by atoms with Crippen molar-refractivity contribution in [3.63, 3.8) is 0 Å². The number of carbonyl (C=O) groups excluding carboxylic acids is 1. The van der Waals surface area contributed by atoms with Crippen LogP contribution >= 0.6 is 0 Å². The van der Waals surface area contributed by atoms with Crippen LogP contribution in [0.1, 0.15) is 39.0 Å². The van der Waals surface area contributed by atoms with E-state index in [9.17, 15) is 14.7 Å². The second kappa shape index (κ2) is 5.48. The fourth-order valence-electron chi connectivity index (χ4n) is 3.83. The lowest BCUT2D eigenvalue weighted by Crippen LogP contribution is -2.41. The minimum Gasteiger partial charge on any atom is -0.481 e. The molecule has 0 aromatic carbocycles. The number of ether oxygens (including phenoxy) is 1. The first-order chi connectivity index (χ1) is 9.98. The second-order valence-electron chi connectivity index (χ2n) is 6.93. The van der Waals surface area contributed by atoms with Crippen LogP contribution in [0.25, 0.3) is 0 Å². The number of hydrogen-bond donors (Lipinski definition) is 2. The summed E-state index contributed by atoms with van der Waals surface area (Å²) in [5.41, 5.74) is -0.796. The Morgan fingerprint density at radius 2 is 2.24 bits per heavy atom. The van der Waals surface area contributed by atoms with Crippen LogP contribution in [0, 0.1) is 11.3 Å². The van der Waals surface area contributed by atoms with Gasteiger partial charge in [-0.05, 0) is 44.9 Å². The van der Waals surface area contributed by atoms with E-state index in [1.165, 1.54) is 6.42 Å². The van der Waals surface area contributed by atoms with Crippen LogP contribution in [0.5, 0.6) is 0 Å². The van der Waals surface area contributed by atoms with Gasteiger partial charge in [-0.3, -0.25) is 4.79 Å². The van der Waals surface area contributed by atoms with Gasteiger partial charge in [0.05, 0.1) is 17.6 Å². The second-order valence-corrected chi connectivity index (χ2v) is 6.93. The van der Waals surface area contributed by atoms with Crippen LogP contribution in [-0.4, -0.2) is 53.8 Å². The third-order valence-corrected chi connectivity index (χ3v) is 5.30. The fraction of sp³-hybridized carbons (Fsp3) is 0.867. The normalized spacial score (nSPS) is 38.0. The number of urea groups is 1. The van der Waals surface area contributed by atoms with Crippen molar-refractivity contribution in [2.24, 2.45) is 11.3 Å². The lowest BCUT2D eigenvalue weighted by molar-refractivity contribution is -0.146. The first-order valence-corrected chi connectivity index (χ1v) is 7.89. The van der Waals surface area contributed by atoms with Gasteiger partial charge in [-0.1, -0.05) is 0 Å². The van der Waals surface area contributed by atoms with Gasteiger partial charge in [-0.2, -0.15) is 0 Å². The van der Waals surface area contributed by atoms with Gasteiger partial charge in [0.25, 0.3) is 0 Å². The number of hydrogen-bond acceptors (Lipinski definition) is 3. The van der Waals surface area contributed by atoms with Gasteiger partial charge >= 0.3 is 12.0 Å². The molecule has 2 amide bonds. The largest absolute Gasteiger partial charge is 0.481 e. The molecule has 0 aromatic rings. The summed E-state index contributed by atoms with van der Waals surface area (Å²) in [6.45, 7) is 3.17. The van der Waals surface area contributed by atoms with Crippen molar-refractivity contribution in [1.29, 1.82) is 0 Å². The number of likely N-dealkylation sites (tertiary alicyclic amines) is 1. The van der Waals surface area contributed by atoms with E-state index in [2.05, 4.69) is 5.32 Å². The number of nitrogens with zero attached hydrogens (tertiary/aromatic N) is 1. The Morgan fingerprint density at radius 1 is 1.43 bits per heavy atom. The minimum atomic E-state index is -0.822. The SMILES string of the molecule is CC1(C(=O)O)CCN(C(=O)NCCC2CC3CCC2O3)C1. The Balaban J connectivity index is 1.40. The zero-order chi connectivity index (χ0) is 15.0. The molecular weight excluding hydrogens is 272 g/mol. The van der Waals surface area contributed by atoms with Crippen LogP contribution in [0.3, 0.4) is 0 Å². The topological polar surface area (TPSA) is 78.9 Å². The first-order valence-electron chi connectivity index (χ1n) is 7.89. The van der Waals surface area contributed by atoms with E-state index in [1.54, 1.807) is 11.8 Å². The highest BCUT2D eigenvalue weighted by Crippen LogP contribution is 2.40. The number of fused-ring (bicyclic) bond motifs is 2. The summed E-state index contributed by atoms with van der Waals surface area (Å²) in [6.07, 6.45) is 5.80. The van der Waals surface area contributed by atoms with Gasteiger partial charge in [0.2, 0.25) is 0 Å². The summed E-state index contributed by atoms with van der Waals surface area (Å²) in [4.78, 5) is 24.9. The van der Waals surface area contributed by atoms with Crippen molar-refractivity contribution >= 4 is 12.0 Å². The molecule has 3 heterocycles. The molecule has 0 aliphatic carbocycles. The molecule has 0 aromatic heterocycles.